The summed E-state index contributed by atoms with van der Waals surface area (Å²) < 4.78 is 0. The highest BCUT2D eigenvalue weighted by molar-refractivity contribution is 7.12. The molecular formula is C20H22ClN3O2S. The Bertz CT molecular complexity index is 818. The summed E-state index contributed by atoms with van der Waals surface area (Å²) >= 11 is 7.52. The number of hydrogen-bond donors (Lipinski definition) is 0. The van der Waals surface area contributed by atoms with E-state index >= 15 is 0 Å². The first kappa shape index (κ1) is 18.3. The predicted molar refractivity (Wildman–Crippen MR) is 109 cm³/mol. The summed E-state index contributed by atoms with van der Waals surface area (Å²) in [7, 11) is 0. The number of anilines is 1. The Balaban J connectivity index is 1.39. The molecule has 2 aliphatic heterocycles. The highest BCUT2D eigenvalue weighted by Gasteiger charge is 2.37. The zero-order valence-electron chi connectivity index (χ0n) is 15.0. The van der Waals surface area contributed by atoms with Crippen LogP contribution in [-0.2, 0) is 4.79 Å². The van der Waals surface area contributed by atoms with E-state index in [-0.39, 0.29) is 17.9 Å². The number of rotatable bonds is 3. The van der Waals surface area contributed by atoms with E-state index in [1.165, 1.54) is 11.3 Å². The minimum Gasteiger partial charge on any atom is -0.368 e. The van der Waals surface area contributed by atoms with Gasteiger partial charge in [0.1, 0.15) is 6.04 Å². The Hall–Kier alpha value is -2.05. The minimum absolute atomic E-state index is 0.0154. The molecule has 2 amide bonds. The van der Waals surface area contributed by atoms with Crippen LogP contribution in [0.25, 0.3) is 0 Å². The lowest BCUT2D eigenvalue weighted by Gasteiger charge is -2.38. The standard InChI is InChI=1S/C20H22ClN3O2S/c21-15-4-1-5-16(14-15)22-9-11-23(12-10-22)19(25)17-6-2-8-24(17)20(26)18-7-3-13-27-18/h1,3-5,7,13-14,17H,2,6,8-12H2. The highest BCUT2D eigenvalue weighted by atomic mass is 35.5. The van der Waals surface area contributed by atoms with Crippen LogP contribution in [0.5, 0.6) is 0 Å². The van der Waals surface area contributed by atoms with E-state index in [0.717, 1.165) is 36.6 Å². The molecular weight excluding hydrogens is 382 g/mol. The van der Waals surface area contributed by atoms with Gasteiger partial charge in [0.05, 0.1) is 4.88 Å². The Morgan fingerprint density at radius 2 is 1.85 bits per heavy atom. The van der Waals surface area contributed by atoms with Gasteiger partial charge in [-0.25, -0.2) is 0 Å². The minimum atomic E-state index is -0.322. The third-order valence-electron chi connectivity index (χ3n) is 5.30. The number of carbonyl (C=O) groups is 2. The molecule has 5 nitrogen and oxygen atoms in total. The van der Waals surface area contributed by atoms with E-state index in [4.69, 9.17) is 11.6 Å². The average Bonchev–Trinajstić information content (AvgIpc) is 3.39. The van der Waals surface area contributed by atoms with Gasteiger partial charge in [-0.1, -0.05) is 23.7 Å². The van der Waals surface area contributed by atoms with Gasteiger partial charge in [0, 0.05) is 43.4 Å². The zero-order chi connectivity index (χ0) is 18.8. The lowest BCUT2D eigenvalue weighted by Crippen LogP contribution is -2.54. The van der Waals surface area contributed by atoms with Crippen molar-refractivity contribution < 1.29 is 9.59 Å². The molecule has 2 aliphatic rings. The van der Waals surface area contributed by atoms with Gasteiger partial charge >= 0.3 is 0 Å². The zero-order valence-corrected chi connectivity index (χ0v) is 16.6. The summed E-state index contributed by atoms with van der Waals surface area (Å²) in [4.78, 5) is 32.4. The number of piperazine rings is 1. The number of nitrogens with zero attached hydrogens (tertiary/aromatic N) is 3. The van der Waals surface area contributed by atoms with E-state index in [9.17, 15) is 9.59 Å². The number of halogens is 1. The van der Waals surface area contributed by atoms with E-state index < -0.39 is 0 Å². The third kappa shape index (κ3) is 3.82. The number of benzene rings is 1. The van der Waals surface area contributed by atoms with Gasteiger partial charge in [-0.3, -0.25) is 9.59 Å². The SMILES string of the molecule is O=C(C1CCCN1C(=O)c1cccs1)N1CCN(c2cccc(Cl)c2)CC1. The molecule has 3 heterocycles. The molecule has 2 fully saturated rings. The van der Waals surface area contributed by atoms with Crippen LogP contribution in [0.2, 0.25) is 5.02 Å². The van der Waals surface area contributed by atoms with Crippen molar-refractivity contribution in [2.75, 3.05) is 37.6 Å². The molecule has 1 unspecified atom stereocenters. The van der Waals surface area contributed by atoms with Crippen molar-refractivity contribution >= 4 is 40.4 Å². The molecule has 1 atom stereocenters. The average molecular weight is 404 g/mol. The fourth-order valence-electron chi connectivity index (χ4n) is 3.88. The molecule has 0 saturated carbocycles. The van der Waals surface area contributed by atoms with Crippen molar-refractivity contribution in [3.8, 4) is 0 Å². The smallest absolute Gasteiger partial charge is 0.264 e. The number of thiophene rings is 1. The molecule has 142 valence electrons. The van der Waals surface area contributed by atoms with Crippen molar-refractivity contribution in [3.05, 3.63) is 51.7 Å². The quantitative estimate of drug-likeness (QED) is 0.789. The number of likely N-dealkylation sites (tertiary alicyclic amines) is 1. The molecule has 0 spiro atoms. The summed E-state index contributed by atoms with van der Waals surface area (Å²) in [6.07, 6.45) is 1.64. The van der Waals surface area contributed by atoms with Gasteiger partial charge < -0.3 is 14.7 Å². The molecule has 7 heteroatoms. The maximum absolute atomic E-state index is 13.1. The van der Waals surface area contributed by atoms with Crippen LogP contribution < -0.4 is 4.90 Å². The second kappa shape index (κ2) is 7.90. The molecule has 0 aliphatic carbocycles. The fraction of sp³-hybridized carbons (Fsp3) is 0.400. The van der Waals surface area contributed by atoms with Crippen LogP contribution in [0.15, 0.2) is 41.8 Å². The molecule has 1 aromatic heterocycles. The Labute approximate surface area is 168 Å². The third-order valence-corrected chi connectivity index (χ3v) is 6.39. The van der Waals surface area contributed by atoms with Gasteiger partial charge in [-0.15, -0.1) is 11.3 Å². The molecule has 4 rings (SSSR count). The summed E-state index contributed by atoms with van der Waals surface area (Å²) in [6.45, 7) is 3.55. The molecule has 1 aromatic carbocycles. The maximum atomic E-state index is 13.1. The van der Waals surface area contributed by atoms with Gasteiger partial charge in [-0.05, 0) is 42.5 Å². The Morgan fingerprint density at radius 3 is 2.56 bits per heavy atom. The number of carbonyl (C=O) groups excluding carboxylic acids is 2. The van der Waals surface area contributed by atoms with Gasteiger partial charge in [0.15, 0.2) is 0 Å². The van der Waals surface area contributed by atoms with Crippen molar-refractivity contribution in [1.29, 1.82) is 0 Å². The largest absolute Gasteiger partial charge is 0.368 e. The summed E-state index contributed by atoms with van der Waals surface area (Å²) in [5, 5.41) is 2.62. The van der Waals surface area contributed by atoms with Crippen LogP contribution in [0.4, 0.5) is 5.69 Å². The van der Waals surface area contributed by atoms with Crippen LogP contribution in [-0.4, -0.2) is 60.4 Å². The Morgan fingerprint density at radius 1 is 1.04 bits per heavy atom. The van der Waals surface area contributed by atoms with E-state index in [1.807, 2.05) is 46.7 Å². The topological polar surface area (TPSA) is 43.9 Å². The van der Waals surface area contributed by atoms with Crippen LogP contribution in [0, 0.1) is 0 Å². The lowest BCUT2D eigenvalue weighted by molar-refractivity contribution is -0.135. The molecule has 0 radical (unpaired) electrons. The predicted octanol–water partition coefficient (Wildman–Crippen LogP) is 3.35. The van der Waals surface area contributed by atoms with Crippen molar-refractivity contribution in [3.63, 3.8) is 0 Å². The molecule has 2 saturated heterocycles. The molecule has 2 aromatic rings. The molecule has 0 bridgehead atoms. The normalized spacial score (nSPS) is 20.2. The van der Waals surface area contributed by atoms with Gasteiger partial charge in [-0.2, -0.15) is 0 Å². The fourth-order valence-corrected chi connectivity index (χ4v) is 4.74. The monoisotopic (exact) mass is 403 g/mol. The molecule has 27 heavy (non-hydrogen) atoms. The first-order valence-electron chi connectivity index (χ1n) is 9.27. The van der Waals surface area contributed by atoms with Crippen LogP contribution in [0.3, 0.4) is 0 Å². The van der Waals surface area contributed by atoms with E-state index in [1.54, 1.807) is 4.90 Å². The first-order valence-corrected chi connectivity index (χ1v) is 10.5. The van der Waals surface area contributed by atoms with E-state index in [0.29, 0.717) is 24.5 Å². The summed E-state index contributed by atoms with van der Waals surface area (Å²) in [5.41, 5.74) is 1.09. The highest BCUT2D eigenvalue weighted by Crippen LogP contribution is 2.25. The lowest BCUT2D eigenvalue weighted by atomic mass is 10.1. The number of amides is 2. The van der Waals surface area contributed by atoms with Crippen molar-refractivity contribution in [2.45, 2.75) is 18.9 Å². The van der Waals surface area contributed by atoms with Gasteiger partial charge in [0.2, 0.25) is 5.91 Å². The summed E-state index contributed by atoms with van der Waals surface area (Å²) in [5.74, 6) is 0.0709. The van der Waals surface area contributed by atoms with Crippen molar-refractivity contribution in [1.82, 2.24) is 9.80 Å². The van der Waals surface area contributed by atoms with Crippen LogP contribution >= 0.6 is 22.9 Å². The van der Waals surface area contributed by atoms with E-state index in [2.05, 4.69) is 4.90 Å². The van der Waals surface area contributed by atoms with Crippen molar-refractivity contribution in [2.24, 2.45) is 0 Å². The second-order valence-corrected chi connectivity index (χ2v) is 8.31. The Kier molecular flexibility index (Phi) is 5.36. The summed E-state index contributed by atoms with van der Waals surface area (Å²) in [6, 6.07) is 11.2. The number of hydrogen-bond acceptors (Lipinski definition) is 4. The second-order valence-electron chi connectivity index (χ2n) is 6.93. The first-order chi connectivity index (χ1) is 13.1. The van der Waals surface area contributed by atoms with Crippen LogP contribution in [0.1, 0.15) is 22.5 Å². The maximum Gasteiger partial charge on any atom is 0.264 e. The molecule has 0 N–H and O–H groups in total. The van der Waals surface area contributed by atoms with Gasteiger partial charge in [0.25, 0.3) is 5.91 Å².